The highest BCUT2D eigenvalue weighted by molar-refractivity contribution is 5.81. The van der Waals surface area contributed by atoms with Gasteiger partial charge < -0.3 is 9.64 Å². The van der Waals surface area contributed by atoms with Crippen LogP contribution in [0.15, 0.2) is 12.2 Å². The molecule has 1 fully saturated rings. The number of likely N-dealkylation sites (N-methyl/N-ethyl adjacent to an activating group) is 2. The Labute approximate surface area is 104 Å². The SMILES string of the molecule is CCOC(=O)/C=C/CN(C)C1CCCN(C)C1. The fraction of sp³-hybridized carbons (Fsp3) is 0.769. The van der Waals surface area contributed by atoms with Crippen LogP contribution in [-0.4, -0.2) is 62.1 Å². The Hall–Kier alpha value is -0.870. The molecule has 1 rings (SSSR count). The molecule has 1 aliphatic heterocycles. The molecule has 0 saturated carbocycles. The zero-order valence-electron chi connectivity index (χ0n) is 11.2. The second kappa shape index (κ2) is 7.45. The molecule has 1 atom stereocenters. The number of carbonyl (C=O) groups is 1. The molecule has 0 bridgehead atoms. The van der Waals surface area contributed by atoms with E-state index in [4.69, 9.17) is 4.74 Å². The molecule has 0 aromatic carbocycles. The van der Waals surface area contributed by atoms with Gasteiger partial charge in [0.2, 0.25) is 0 Å². The summed E-state index contributed by atoms with van der Waals surface area (Å²) < 4.78 is 4.83. The van der Waals surface area contributed by atoms with Crippen LogP contribution in [0.5, 0.6) is 0 Å². The fourth-order valence-corrected chi connectivity index (χ4v) is 2.15. The van der Waals surface area contributed by atoms with Gasteiger partial charge in [0.25, 0.3) is 0 Å². The van der Waals surface area contributed by atoms with Crippen molar-refractivity contribution < 1.29 is 9.53 Å². The van der Waals surface area contributed by atoms with Gasteiger partial charge in [-0.1, -0.05) is 6.08 Å². The van der Waals surface area contributed by atoms with Gasteiger partial charge in [0.1, 0.15) is 0 Å². The normalized spacial score (nSPS) is 22.2. The number of nitrogens with zero attached hydrogens (tertiary/aromatic N) is 2. The Morgan fingerprint density at radius 3 is 3.00 bits per heavy atom. The van der Waals surface area contributed by atoms with E-state index in [2.05, 4.69) is 23.9 Å². The summed E-state index contributed by atoms with van der Waals surface area (Å²) in [4.78, 5) is 15.8. The standard InChI is InChI=1S/C13H24N2O2/c1-4-17-13(16)8-6-10-15(3)12-7-5-9-14(2)11-12/h6,8,12H,4-5,7,9-11H2,1-3H3/b8-6+. The van der Waals surface area contributed by atoms with Crippen molar-refractivity contribution in [2.45, 2.75) is 25.8 Å². The lowest BCUT2D eigenvalue weighted by molar-refractivity contribution is -0.137. The van der Waals surface area contributed by atoms with Gasteiger partial charge in [-0.05, 0) is 40.4 Å². The molecular weight excluding hydrogens is 216 g/mol. The number of carbonyl (C=O) groups excluding carboxylic acids is 1. The number of piperidine rings is 1. The second-order valence-electron chi connectivity index (χ2n) is 4.65. The van der Waals surface area contributed by atoms with Crippen LogP contribution in [0, 0.1) is 0 Å². The molecule has 1 saturated heterocycles. The number of hydrogen-bond acceptors (Lipinski definition) is 4. The molecule has 98 valence electrons. The van der Waals surface area contributed by atoms with Crippen molar-refractivity contribution in [3.8, 4) is 0 Å². The molecule has 0 amide bonds. The molecule has 4 heteroatoms. The van der Waals surface area contributed by atoms with Crippen LogP contribution in [-0.2, 0) is 9.53 Å². The predicted molar refractivity (Wildman–Crippen MR) is 68.9 cm³/mol. The van der Waals surface area contributed by atoms with E-state index in [9.17, 15) is 4.79 Å². The van der Waals surface area contributed by atoms with Crippen molar-refractivity contribution in [3.05, 3.63) is 12.2 Å². The summed E-state index contributed by atoms with van der Waals surface area (Å²) in [6.07, 6.45) is 5.90. The first kappa shape index (κ1) is 14.2. The highest BCUT2D eigenvalue weighted by Gasteiger charge is 2.19. The van der Waals surface area contributed by atoms with Gasteiger partial charge in [-0.15, -0.1) is 0 Å². The number of ether oxygens (including phenoxy) is 1. The molecule has 0 spiro atoms. The van der Waals surface area contributed by atoms with Crippen LogP contribution in [0.3, 0.4) is 0 Å². The summed E-state index contributed by atoms with van der Waals surface area (Å²) in [6, 6.07) is 0.598. The van der Waals surface area contributed by atoms with E-state index >= 15 is 0 Å². The molecule has 0 radical (unpaired) electrons. The summed E-state index contributed by atoms with van der Waals surface area (Å²) in [7, 11) is 4.27. The Morgan fingerprint density at radius 2 is 2.35 bits per heavy atom. The number of likely N-dealkylation sites (tertiary alicyclic amines) is 1. The van der Waals surface area contributed by atoms with Crippen molar-refractivity contribution in [1.82, 2.24) is 9.80 Å². The maximum atomic E-state index is 11.1. The molecule has 17 heavy (non-hydrogen) atoms. The van der Waals surface area contributed by atoms with E-state index in [0.29, 0.717) is 12.6 Å². The van der Waals surface area contributed by atoms with Crippen LogP contribution >= 0.6 is 0 Å². The molecule has 1 aliphatic rings. The van der Waals surface area contributed by atoms with Crippen LogP contribution in [0.1, 0.15) is 19.8 Å². The van der Waals surface area contributed by atoms with Gasteiger partial charge in [-0.3, -0.25) is 4.90 Å². The van der Waals surface area contributed by atoms with Crippen molar-refractivity contribution >= 4 is 5.97 Å². The minimum Gasteiger partial charge on any atom is -0.463 e. The van der Waals surface area contributed by atoms with Crippen molar-refractivity contribution in [2.24, 2.45) is 0 Å². The van der Waals surface area contributed by atoms with Gasteiger partial charge in [0, 0.05) is 25.2 Å². The molecular formula is C13H24N2O2. The largest absolute Gasteiger partial charge is 0.463 e. The molecule has 1 unspecified atom stereocenters. The number of esters is 1. The van der Waals surface area contributed by atoms with Gasteiger partial charge in [-0.2, -0.15) is 0 Å². The van der Waals surface area contributed by atoms with E-state index in [1.54, 1.807) is 0 Å². The van der Waals surface area contributed by atoms with Gasteiger partial charge >= 0.3 is 5.97 Å². The Balaban J connectivity index is 2.28. The number of rotatable bonds is 5. The quantitative estimate of drug-likeness (QED) is 0.533. The van der Waals surface area contributed by atoms with Gasteiger partial charge in [-0.25, -0.2) is 4.79 Å². The first-order valence-corrected chi connectivity index (χ1v) is 6.35. The third kappa shape index (κ3) is 5.33. The Kier molecular flexibility index (Phi) is 6.22. The summed E-state index contributed by atoms with van der Waals surface area (Å²) in [5.74, 6) is -0.248. The van der Waals surface area contributed by atoms with Crippen LogP contribution in [0.4, 0.5) is 0 Å². The second-order valence-corrected chi connectivity index (χ2v) is 4.65. The summed E-state index contributed by atoms with van der Waals surface area (Å²) in [5, 5.41) is 0. The lowest BCUT2D eigenvalue weighted by atomic mass is 10.1. The van der Waals surface area contributed by atoms with E-state index in [1.165, 1.54) is 25.5 Å². The smallest absolute Gasteiger partial charge is 0.330 e. The lowest BCUT2D eigenvalue weighted by Crippen LogP contribution is -2.44. The van der Waals surface area contributed by atoms with E-state index in [0.717, 1.165) is 13.1 Å². The average molecular weight is 240 g/mol. The molecule has 0 aliphatic carbocycles. The maximum Gasteiger partial charge on any atom is 0.330 e. The lowest BCUT2D eigenvalue weighted by Gasteiger charge is -2.35. The number of hydrogen-bond donors (Lipinski definition) is 0. The zero-order valence-corrected chi connectivity index (χ0v) is 11.2. The van der Waals surface area contributed by atoms with Crippen molar-refractivity contribution in [2.75, 3.05) is 40.3 Å². The van der Waals surface area contributed by atoms with Crippen LogP contribution < -0.4 is 0 Å². The van der Waals surface area contributed by atoms with Gasteiger partial charge in [0.15, 0.2) is 0 Å². The maximum absolute atomic E-state index is 11.1. The first-order chi connectivity index (χ1) is 8.13. The molecule has 0 N–H and O–H groups in total. The zero-order chi connectivity index (χ0) is 12.7. The molecule has 1 heterocycles. The average Bonchev–Trinajstić information content (AvgIpc) is 2.29. The predicted octanol–water partition coefficient (Wildman–Crippen LogP) is 1.13. The molecule has 4 nitrogen and oxygen atoms in total. The van der Waals surface area contributed by atoms with Crippen molar-refractivity contribution in [1.29, 1.82) is 0 Å². The third-order valence-electron chi connectivity index (χ3n) is 3.16. The van der Waals surface area contributed by atoms with E-state index < -0.39 is 0 Å². The highest BCUT2D eigenvalue weighted by Crippen LogP contribution is 2.12. The Morgan fingerprint density at radius 1 is 1.59 bits per heavy atom. The van der Waals surface area contributed by atoms with E-state index in [-0.39, 0.29) is 5.97 Å². The van der Waals surface area contributed by atoms with Gasteiger partial charge in [0.05, 0.1) is 6.61 Å². The molecule has 0 aromatic heterocycles. The monoisotopic (exact) mass is 240 g/mol. The summed E-state index contributed by atoms with van der Waals surface area (Å²) in [5.41, 5.74) is 0. The topological polar surface area (TPSA) is 32.8 Å². The van der Waals surface area contributed by atoms with E-state index in [1.807, 2.05) is 13.0 Å². The molecule has 0 aromatic rings. The Bertz CT molecular complexity index is 266. The highest BCUT2D eigenvalue weighted by atomic mass is 16.5. The minimum atomic E-state index is -0.248. The summed E-state index contributed by atoms with van der Waals surface area (Å²) in [6.45, 7) is 5.37. The van der Waals surface area contributed by atoms with Crippen molar-refractivity contribution in [3.63, 3.8) is 0 Å². The fourth-order valence-electron chi connectivity index (χ4n) is 2.15. The summed E-state index contributed by atoms with van der Waals surface area (Å²) >= 11 is 0. The third-order valence-corrected chi connectivity index (χ3v) is 3.16. The van der Waals surface area contributed by atoms with Crippen LogP contribution in [0.25, 0.3) is 0 Å². The minimum absolute atomic E-state index is 0.248. The first-order valence-electron chi connectivity index (χ1n) is 6.35. The van der Waals surface area contributed by atoms with Crippen LogP contribution in [0.2, 0.25) is 0 Å².